The van der Waals surface area contributed by atoms with Crippen LogP contribution < -0.4 is 9.47 Å². The van der Waals surface area contributed by atoms with Crippen LogP contribution in [0.15, 0.2) is 12.1 Å². The number of aliphatic hydroxyl groups is 1. The Hall–Kier alpha value is -1.29. The fraction of sp³-hybridized carbons (Fsp3) is 0.500. The summed E-state index contributed by atoms with van der Waals surface area (Å²) in [6.07, 6.45) is -0.675. The average Bonchev–Trinajstić information content (AvgIpc) is 2.28. The smallest absolute Gasteiger partial charge is 0.128 e. The highest BCUT2D eigenvalue weighted by Crippen LogP contribution is 2.34. The molecule has 1 rings (SSSR count). The largest absolute Gasteiger partial charge is 0.496 e. The molecule has 0 fully saturated rings. The Morgan fingerprint density at radius 3 is 2.31 bits per heavy atom. The number of aliphatic hydroxyl groups excluding tert-OH is 1. The van der Waals surface area contributed by atoms with Crippen LogP contribution in [0.2, 0.25) is 0 Å². The van der Waals surface area contributed by atoms with Crippen molar-refractivity contribution in [3.63, 3.8) is 0 Å². The second-order valence-electron chi connectivity index (χ2n) is 3.50. The van der Waals surface area contributed by atoms with Gasteiger partial charge in [0.2, 0.25) is 0 Å². The Kier molecular flexibility index (Phi) is 4.55. The van der Waals surface area contributed by atoms with E-state index in [1.54, 1.807) is 12.1 Å². The van der Waals surface area contributed by atoms with Crippen LogP contribution in [0.5, 0.6) is 11.5 Å². The first-order valence-electron chi connectivity index (χ1n) is 5.13. The van der Waals surface area contributed by atoms with Crippen LogP contribution in [0, 0.1) is 0 Å². The summed E-state index contributed by atoms with van der Waals surface area (Å²) in [7, 11) is 3.03. The first kappa shape index (κ1) is 12.8. The Bertz CT molecular complexity index is 350. The molecule has 0 saturated carbocycles. The lowest BCUT2D eigenvalue weighted by atomic mass is 10.0. The van der Waals surface area contributed by atoms with E-state index in [1.165, 1.54) is 21.1 Å². The van der Waals surface area contributed by atoms with Gasteiger partial charge in [-0.25, -0.2) is 4.39 Å². The standard InChI is InChI=1S/C12H17FO3/c1-8(13)10-6-9(4-5-14)11(15-2)7-12(10)16-3/h6-8,14H,4-5H2,1-3H3. The van der Waals surface area contributed by atoms with E-state index >= 15 is 0 Å². The summed E-state index contributed by atoms with van der Waals surface area (Å²) in [5, 5.41) is 8.92. The second kappa shape index (κ2) is 5.70. The van der Waals surface area contributed by atoms with Crippen molar-refractivity contribution in [3.05, 3.63) is 23.3 Å². The van der Waals surface area contributed by atoms with E-state index < -0.39 is 6.17 Å². The average molecular weight is 228 g/mol. The molecular formula is C12H17FO3. The fourth-order valence-corrected chi connectivity index (χ4v) is 1.62. The molecule has 0 radical (unpaired) electrons. The highest BCUT2D eigenvalue weighted by Gasteiger charge is 2.15. The highest BCUT2D eigenvalue weighted by molar-refractivity contribution is 5.47. The molecule has 90 valence electrons. The van der Waals surface area contributed by atoms with Gasteiger partial charge in [0.15, 0.2) is 0 Å². The van der Waals surface area contributed by atoms with Gasteiger partial charge in [-0.1, -0.05) is 0 Å². The molecule has 0 spiro atoms. The summed E-state index contributed by atoms with van der Waals surface area (Å²) >= 11 is 0. The minimum absolute atomic E-state index is 0.00277. The van der Waals surface area contributed by atoms with E-state index in [4.69, 9.17) is 14.6 Å². The molecule has 0 aliphatic rings. The number of alkyl halides is 1. The van der Waals surface area contributed by atoms with Crippen molar-refractivity contribution in [1.29, 1.82) is 0 Å². The van der Waals surface area contributed by atoms with Gasteiger partial charge < -0.3 is 14.6 Å². The van der Waals surface area contributed by atoms with Crippen molar-refractivity contribution in [2.24, 2.45) is 0 Å². The molecule has 1 N–H and O–H groups in total. The fourth-order valence-electron chi connectivity index (χ4n) is 1.62. The Labute approximate surface area is 94.8 Å². The monoisotopic (exact) mass is 228 g/mol. The van der Waals surface area contributed by atoms with Gasteiger partial charge in [0, 0.05) is 18.2 Å². The zero-order valence-corrected chi connectivity index (χ0v) is 9.79. The van der Waals surface area contributed by atoms with Gasteiger partial charge in [-0.3, -0.25) is 0 Å². The molecule has 0 bridgehead atoms. The maximum absolute atomic E-state index is 13.4. The Morgan fingerprint density at radius 2 is 1.88 bits per heavy atom. The van der Waals surface area contributed by atoms with Crippen molar-refractivity contribution in [2.45, 2.75) is 19.5 Å². The van der Waals surface area contributed by atoms with Crippen molar-refractivity contribution < 1.29 is 19.0 Å². The van der Waals surface area contributed by atoms with Crippen molar-refractivity contribution in [2.75, 3.05) is 20.8 Å². The number of hydrogen-bond donors (Lipinski definition) is 1. The van der Waals surface area contributed by atoms with E-state index in [-0.39, 0.29) is 6.61 Å². The summed E-state index contributed by atoms with van der Waals surface area (Å²) in [5.41, 5.74) is 1.26. The van der Waals surface area contributed by atoms with Gasteiger partial charge in [-0.15, -0.1) is 0 Å². The van der Waals surface area contributed by atoms with Crippen LogP contribution >= 0.6 is 0 Å². The lowest BCUT2D eigenvalue weighted by molar-refractivity contribution is 0.295. The molecule has 1 unspecified atom stereocenters. The van der Waals surface area contributed by atoms with Crippen LogP contribution in [-0.2, 0) is 6.42 Å². The highest BCUT2D eigenvalue weighted by atomic mass is 19.1. The minimum atomic E-state index is -1.11. The van der Waals surface area contributed by atoms with Gasteiger partial charge in [0.1, 0.15) is 17.7 Å². The molecule has 16 heavy (non-hydrogen) atoms. The SMILES string of the molecule is COc1cc(OC)c(C(C)F)cc1CCO. The predicted molar refractivity (Wildman–Crippen MR) is 59.9 cm³/mol. The van der Waals surface area contributed by atoms with Gasteiger partial charge in [-0.2, -0.15) is 0 Å². The van der Waals surface area contributed by atoms with Gasteiger partial charge in [-0.05, 0) is 25.0 Å². The molecule has 0 aliphatic heterocycles. The van der Waals surface area contributed by atoms with E-state index in [9.17, 15) is 4.39 Å². The van der Waals surface area contributed by atoms with Gasteiger partial charge in [0.25, 0.3) is 0 Å². The number of halogens is 1. The van der Waals surface area contributed by atoms with Crippen LogP contribution in [0.3, 0.4) is 0 Å². The molecule has 3 nitrogen and oxygen atoms in total. The number of benzene rings is 1. The molecule has 4 heteroatoms. The van der Waals surface area contributed by atoms with Crippen LogP contribution in [0.25, 0.3) is 0 Å². The van der Waals surface area contributed by atoms with Gasteiger partial charge >= 0.3 is 0 Å². The summed E-state index contributed by atoms with van der Waals surface area (Å²) in [4.78, 5) is 0. The van der Waals surface area contributed by atoms with E-state index in [2.05, 4.69) is 0 Å². The van der Waals surface area contributed by atoms with E-state index in [0.717, 1.165) is 5.56 Å². The normalized spacial score (nSPS) is 12.3. The Morgan fingerprint density at radius 1 is 1.25 bits per heavy atom. The molecule has 0 heterocycles. The first-order valence-corrected chi connectivity index (χ1v) is 5.13. The Balaban J connectivity index is 3.23. The number of ether oxygens (including phenoxy) is 2. The molecule has 0 saturated heterocycles. The zero-order valence-electron chi connectivity index (χ0n) is 9.79. The molecule has 0 aromatic heterocycles. The van der Waals surface area contributed by atoms with Crippen molar-refractivity contribution in [1.82, 2.24) is 0 Å². The lowest BCUT2D eigenvalue weighted by Gasteiger charge is -2.15. The van der Waals surface area contributed by atoms with Crippen molar-refractivity contribution >= 4 is 0 Å². The van der Waals surface area contributed by atoms with E-state index in [0.29, 0.717) is 23.5 Å². The summed E-state index contributed by atoms with van der Waals surface area (Å²) in [6.45, 7) is 1.45. The first-order chi connectivity index (χ1) is 7.63. The van der Waals surface area contributed by atoms with Crippen LogP contribution in [-0.4, -0.2) is 25.9 Å². The quantitative estimate of drug-likeness (QED) is 0.840. The van der Waals surface area contributed by atoms with Crippen LogP contribution in [0.4, 0.5) is 4.39 Å². The third-order valence-corrected chi connectivity index (χ3v) is 2.44. The maximum Gasteiger partial charge on any atom is 0.128 e. The zero-order chi connectivity index (χ0) is 12.1. The van der Waals surface area contributed by atoms with E-state index in [1.807, 2.05) is 0 Å². The molecular weight excluding hydrogens is 211 g/mol. The summed E-state index contributed by atoms with van der Waals surface area (Å²) in [6, 6.07) is 3.33. The van der Waals surface area contributed by atoms with Crippen molar-refractivity contribution in [3.8, 4) is 11.5 Å². The second-order valence-corrected chi connectivity index (χ2v) is 3.50. The minimum Gasteiger partial charge on any atom is -0.496 e. The molecule has 1 aromatic rings. The topological polar surface area (TPSA) is 38.7 Å². The van der Waals surface area contributed by atoms with Crippen LogP contribution in [0.1, 0.15) is 24.2 Å². The number of hydrogen-bond acceptors (Lipinski definition) is 3. The molecule has 0 aliphatic carbocycles. The third kappa shape index (κ3) is 2.64. The molecule has 1 atom stereocenters. The summed E-state index contributed by atoms with van der Waals surface area (Å²) in [5.74, 6) is 1.07. The number of methoxy groups -OCH3 is 2. The number of rotatable bonds is 5. The summed E-state index contributed by atoms with van der Waals surface area (Å²) < 4.78 is 23.6. The van der Waals surface area contributed by atoms with Gasteiger partial charge in [0.05, 0.1) is 14.2 Å². The maximum atomic E-state index is 13.4. The lowest BCUT2D eigenvalue weighted by Crippen LogP contribution is -2.01. The molecule has 0 amide bonds. The molecule has 1 aromatic carbocycles. The predicted octanol–water partition coefficient (Wildman–Crippen LogP) is 2.27. The third-order valence-electron chi connectivity index (χ3n) is 2.44.